The van der Waals surface area contributed by atoms with Gasteiger partial charge in [-0.1, -0.05) is 24.8 Å². The summed E-state index contributed by atoms with van der Waals surface area (Å²) in [5.74, 6) is 6.84. The normalized spacial score (nSPS) is 16.6. The van der Waals surface area contributed by atoms with Gasteiger partial charge in [0.2, 0.25) is 0 Å². The smallest absolute Gasteiger partial charge is 0.387 e. The van der Waals surface area contributed by atoms with Crippen LogP contribution in [0, 0.1) is 11.8 Å². The fourth-order valence-corrected chi connectivity index (χ4v) is 4.33. The molecule has 6 nitrogen and oxygen atoms in total. The summed E-state index contributed by atoms with van der Waals surface area (Å²) >= 11 is 0. The van der Waals surface area contributed by atoms with Crippen molar-refractivity contribution >= 4 is 17.3 Å². The van der Waals surface area contributed by atoms with Crippen molar-refractivity contribution in [3.05, 3.63) is 53.3 Å². The van der Waals surface area contributed by atoms with Gasteiger partial charge in [-0.15, -0.1) is 0 Å². The summed E-state index contributed by atoms with van der Waals surface area (Å²) in [6, 6.07) is 10.00. The molecule has 0 radical (unpaired) electrons. The molecular formula is C26H27F2N3O3. The van der Waals surface area contributed by atoms with E-state index in [1.165, 1.54) is 12.1 Å². The number of hydrogen-bond acceptors (Lipinski definition) is 5. The van der Waals surface area contributed by atoms with E-state index in [4.69, 9.17) is 14.5 Å². The molecular weight excluding hydrogens is 440 g/mol. The molecule has 2 heterocycles. The average molecular weight is 468 g/mol. The SMILES string of the molecule is CCC(c1nc2ccc(C#CC3CCCO3)cc2n1-c1c(C=O)cccc1OC(F)F)N(C)C. The number of fused-ring (bicyclic) bond motifs is 1. The van der Waals surface area contributed by atoms with E-state index in [2.05, 4.69) is 11.8 Å². The van der Waals surface area contributed by atoms with Crippen LogP contribution in [0.5, 0.6) is 5.75 Å². The van der Waals surface area contributed by atoms with E-state index in [0.29, 0.717) is 29.8 Å². The van der Waals surface area contributed by atoms with Crippen molar-refractivity contribution in [1.82, 2.24) is 14.5 Å². The average Bonchev–Trinajstić information content (AvgIpc) is 3.45. The zero-order valence-corrected chi connectivity index (χ0v) is 19.4. The molecule has 4 rings (SSSR count). The molecule has 0 saturated carbocycles. The Balaban J connectivity index is 1.98. The van der Waals surface area contributed by atoms with Gasteiger partial charge in [0.25, 0.3) is 0 Å². The first kappa shape index (κ1) is 23.9. The van der Waals surface area contributed by atoms with Crippen LogP contribution in [0.25, 0.3) is 16.7 Å². The van der Waals surface area contributed by atoms with Crippen LogP contribution in [0.1, 0.15) is 54.0 Å². The van der Waals surface area contributed by atoms with Crippen LogP contribution in [0.3, 0.4) is 0 Å². The molecule has 0 amide bonds. The van der Waals surface area contributed by atoms with Crippen LogP contribution in [0.4, 0.5) is 8.78 Å². The summed E-state index contributed by atoms with van der Waals surface area (Å²) in [5.41, 5.74) is 2.53. The van der Waals surface area contributed by atoms with Gasteiger partial charge < -0.3 is 9.47 Å². The van der Waals surface area contributed by atoms with Crippen molar-refractivity contribution in [2.45, 2.75) is 44.9 Å². The standard InChI is InChI=1S/C26H27F2N3O3/c1-4-21(30(2)3)25-29-20-13-11-17(10-12-19-8-6-14-33-19)15-22(20)31(25)24-18(16-32)7-5-9-23(24)34-26(27)28/h5,7,9,11,13,15-16,19,21,26H,4,6,8,14H2,1-3H3. The minimum absolute atomic E-state index is 0.0868. The molecule has 0 bridgehead atoms. The van der Waals surface area contributed by atoms with Crippen molar-refractivity contribution < 1.29 is 23.0 Å². The number of aromatic nitrogens is 2. The Kier molecular flexibility index (Phi) is 7.25. The van der Waals surface area contributed by atoms with Crippen LogP contribution in [-0.4, -0.2) is 54.2 Å². The number of ether oxygens (including phenoxy) is 2. The summed E-state index contributed by atoms with van der Waals surface area (Å²) < 4.78 is 38.7. The quantitative estimate of drug-likeness (QED) is 0.362. The molecule has 1 saturated heterocycles. The topological polar surface area (TPSA) is 56.6 Å². The summed E-state index contributed by atoms with van der Waals surface area (Å²) in [7, 11) is 3.86. The lowest BCUT2D eigenvalue weighted by Gasteiger charge is -2.25. The summed E-state index contributed by atoms with van der Waals surface area (Å²) in [6.45, 7) is -0.301. The highest BCUT2D eigenvalue weighted by Crippen LogP contribution is 2.36. The summed E-state index contributed by atoms with van der Waals surface area (Å²) in [4.78, 5) is 18.8. The predicted octanol–water partition coefficient (Wildman–Crippen LogP) is 4.98. The number of carbonyl (C=O) groups is 1. The van der Waals surface area contributed by atoms with Crippen molar-refractivity contribution in [3.8, 4) is 23.3 Å². The Morgan fingerprint density at radius 3 is 2.79 bits per heavy atom. The van der Waals surface area contributed by atoms with Crippen molar-refractivity contribution in [3.63, 3.8) is 0 Å². The second-order valence-corrected chi connectivity index (χ2v) is 8.36. The highest BCUT2D eigenvalue weighted by atomic mass is 19.3. The molecule has 3 aromatic rings. The van der Waals surface area contributed by atoms with Gasteiger partial charge in [0.1, 0.15) is 17.6 Å². The van der Waals surface area contributed by atoms with Gasteiger partial charge in [-0.05, 0) is 63.7 Å². The van der Waals surface area contributed by atoms with E-state index in [9.17, 15) is 13.6 Å². The second kappa shape index (κ2) is 10.3. The Morgan fingerprint density at radius 2 is 2.15 bits per heavy atom. The lowest BCUT2D eigenvalue weighted by Crippen LogP contribution is -2.23. The van der Waals surface area contributed by atoms with E-state index < -0.39 is 6.61 Å². The number of hydrogen-bond donors (Lipinski definition) is 0. The largest absolute Gasteiger partial charge is 0.433 e. The number of nitrogens with zero attached hydrogens (tertiary/aromatic N) is 3. The highest BCUT2D eigenvalue weighted by Gasteiger charge is 2.26. The molecule has 1 aromatic heterocycles. The molecule has 2 aromatic carbocycles. The fraction of sp³-hybridized carbons (Fsp3) is 0.385. The van der Waals surface area contributed by atoms with Gasteiger partial charge in [-0.25, -0.2) is 4.98 Å². The highest BCUT2D eigenvalue weighted by molar-refractivity contribution is 5.87. The third-order valence-corrected chi connectivity index (χ3v) is 5.89. The lowest BCUT2D eigenvalue weighted by molar-refractivity contribution is -0.0498. The number of imidazole rings is 1. The first-order chi connectivity index (χ1) is 16.4. The molecule has 1 aliphatic rings. The van der Waals surface area contributed by atoms with Crippen molar-refractivity contribution in [2.75, 3.05) is 20.7 Å². The van der Waals surface area contributed by atoms with Crippen LogP contribution in [-0.2, 0) is 4.74 Å². The maximum atomic E-state index is 13.3. The van der Waals surface area contributed by atoms with Gasteiger partial charge in [0.05, 0.1) is 17.1 Å². The molecule has 1 fully saturated rings. The predicted molar refractivity (Wildman–Crippen MR) is 126 cm³/mol. The van der Waals surface area contributed by atoms with Gasteiger partial charge >= 0.3 is 6.61 Å². The van der Waals surface area contributed by atoms with Crippen LogP contribution >= 0.6 is 0 Å². The van der Waals surface area contributed by atoms with E-state index in [-0.39, 0.29) is 29.1 Å². The minimum atomic E-state index is -3.04. The zero-order chi connectivity index (χ0) is 24.2. The zero-order valence-electron chi connectivity index (χ0n) is 19.4. The van der Waals surface area contributed by atoms with Gasteiger partial charge in [-0.3, -0.25) is 14.3 Å². The van der Waals surface area contributed by atoms with Gasteiger partial charge in [0, 0.05) is 17.7 Å². The number of para-hydroxylation sites is 1. The molecule has 0 aliphatic carbocycles. The minimum Gasteiger partial charge on any atom is -0.433 e. The summed E-state index contributed by atoms with van der Waals surface area (Å²) in [5, 5.41) is 0. The van der Waals surface area contributed by atoms with Gasteiger partial charge in [-0.2, -0.15) is 8.78 Å². The Labute approximate surface area is 197 Å². The fourth-order valence-electron chi connectivity index (χ4n) is 4.33. The summed E-state index contributed by atoms with van der Waals surface area (Å²) in [6.07, 6.45) is 3.17. The molecule has 2 atom stereocenters. The van der Waals surface area contributed by atoms with Crippen LogP contribution in [0.2, 0.25) is 0 Å². The maximum Gasteiger partial charge on any atom is 0.387 e. The Morgan fingerprint density at radius 1 is 1.32 bits per heavy atom. The molecule has 1 aliphatic heterocycles. The lowest BCUT2D eigenvalue weighted by atomic mass is 10.1. The first-order valence-corrected chi connectivity index (χ1v) is 11.3. The third-order valence-electron chi connectivity index (χ3n) is 5.89. The number of aldehydes is 1. The van der Waals surface area contributed by atoms with Crippen molar-refractivity contribution in [1.29, 1.82) is 0 Å². The van der Waals surface area contributed by atoms with Gasteiger partial charge in [0.15, 0.2) is 12.0 Å². The van der Waals surface area contributed by atoms with E-state index in [0.717, 1.165) is 24.8 Å². The number of rotatable bonds is 7. The Bertz CT molecular complexity index is 1240. The number of halogens is 2. The van der Waals surface area contributed by atoms with E-state index >= 15 is 0 Å². The third kappa shape index (κ3) is 4.81. The maximum absolute atomic E-state index is 13.3. The van der Waals surface area contributed by atoms with E-state index in [1.807, 2.05) is 44.1 Å². The molecule has 34 heavy (non-hydrogen) atoms. The number of benzene rings is 2. The Hall–Kier alpha value is -3.28. The number of carbonyl (C=O) groups excluding carboxylic acids is 1. The first-order valence-electron chi connectivity index (χ1n) is 11.3. The van der Waals surface area contributed by atoms with Crippen molar-refractivity contribution in [2.24, 2.45) is 0 Å². The van der Waals surface area contributed by atoms with Crippen LogP contribution < -0.4 is 4.74 Å². The molecule has 0 N–H and O–H groups in total. The molecule has 0 spiro atoms. The monoisotopic (exact) mass is 467 g/mol. The number of alkyl halides is 2. The van der Waals surface area contributed by atoms with Crippen LogP contribution in [0.15, 0.2) is 36.4 Å². The molecule has 178 valence electrons. The second-order valence-electron chi connectivity index (χ2n) is 8.36. The molecule has 2 unspecified atom stereocenters. The van der Waals surface area contributed by atoms with E-state index in [1.54, 1.807) is 10.6 Å². The molecule has 8 heteroatoms.